The van der Waals surface area contributed by atoms with Gasteiger partial charge in [0, 0.05) is 24.4 Å². The van der Waals surface area contributed by atoms with Crippen molar-refractivity contribution in [2.75, 3.05) is 12.5 Å². The van der Waals surface area contributed by atoms with E-state index >= 15 is 0 Å². The Morgan fingerprint density at radius 2 is 2.10 bits per heavy atom. The molecule has 2 rings (SSSR count). The molecule has 0 amide bonds. The Bertz CT molecular complexity index is 633. The van der Waals surface area contributed by atoms with Gasteiger partial charge in [0.2, 0.25) is 5.75 Å². The topological polar surface area (TPSA) is 113 Å². The highest BCUT2D eigenvalue weighted by molar-refractivity contribution is 5.53. The number of benzene rings is 1. The number of hydrogen-bond donors (Lipinski definition) is 2. The van der Waals surface area contributed by atoms with Crippen molar-refractivity contribution in [3.05, 3.63) is 46.6 Å². The molecule has 0 aliphatic heterocycles. The third-order valence-corrected chi connectivity index (χ3v) is 2.47. The number of hydrogen-bond acceptors (Lipinski definition) is 7. The van der Waals surface area contributed by atoms with Crippen LogP contribution in [0.1, 0.15) is 0 Å². The molecule has 8 nitrogen and oxygen atoms in total. The van der Waals surface area contributed by atoms with E-state index in [2.05, 4.69) is 10.4 Å². The number of nitrogens with zero attached hydrogens (tertiary/aromatic N) is 2. The van der Waals surface area contributed by atoms with Crippen molar-refractivity contribution in [1.82, 2.24) is 4.98 Å². The summed E-state index contributed by atoms with van der Waals surface area (Å²) in [5, 5.41) is 11.0. The van der Waals surface area contributed by atoms with Crippen LogP contribution in [0.5, 0.6) is 17.2 Å². The molecule has 20 heavy (non-hydrogen) atoms. The number of nitro groups is 1. The number of hydrazine groups is 1. The molecule has 8 heteroatoms. The largest absolute Gasteiger partial charge is 0.497 e. The molecular weight excluding hydrogens is 264 g/mol. The molecule has 0 atom stereocenters. The molecule has 2 aromatic rings. The van der Waals surface area contributed by atoms with E-state index in [1.807, 2.05) is 0 Å². The quantitative estimate of drug-likeness (QED) is 0.488. The normalized spacial score (nSPS) is 9.90. The maximum absolute atomic E-state index is 11.0. The minimum absolute atomic E-state index is 0.0727. The number of nitrogens with one attached hydrogen (secondary N) is 1. The second kappa shape index (κ2) is 5.85. The first-order valence-corrected chi connectivity index (χ1v) is 5.57. The summed E-state index contributed by atoms with van der Waals surface area (Å²) < 4.78 is 10.5. The maximum Gasteiger partial charge on any atom is 0.311 e. The highest BCUT2D eigenvalue weighted by atomic mass is 16.6. The standard InChI is InChI=1S/C12H12N4O4/c1-19-8-2-3-10(16(17)18)11(6-8)20-9-4-5-14-12(7-9)15-13/h2-7H,13H2,1H3,(H,14,15). The van der Waals surface area contributed by atoms with Crippen LogP contribution in [0.15, 0.2) is 36.5 Å². The zero-order chi connectivity index (χ0) is 14.5. The van der Waals surface area contributed by atoms with Crippen LogP contribution in [-0.4, -0.2) is 17.0 Å². The minimum Gasteiger partial charge on any atom is -0.497 e. The predicted molar refractivity (Wildman–Crippen MR) is 71.8 cm³/mol. The summed E-state index contributed by atoms with van der Waals surface area (Å²) in [4.78, 5) is 14.4. The van der Waals surface area contributed by atoms with Crippen molar-refractivity contribution in [2.45, 2.75) is 0 Å². The van der Waals surface area contributed by atoms with Gasteiger partial charge in [-0.2, -0.15) is 0 Å². The van der Waals surface area contributed by atoms with Crippen LogP contribution in [0.25, 0.3) is 0 Å². The van der Waals surface area contributed by atoms with E-state index in [0.29, 0.717) is 17.3 Å². The van der Waals surface area contributed by atoms with Gasteiger partial charge in [-0.25, -0.2) is 10.8 Å². The summed E-state index contributed by atoms with van der Waals surface area (Å²) in [6.07, 6.45) is 1.47. The molecule has 0 spiro atoms. The van der Waals surface area contributed by atoms with E-state index in [9.17, 15) is 10.1 Å². The Balaban J connectivity index is 2.37. The van der Waals surface area contributed by atoms with Crippen molar-refractivity contribution in [3.63, 3.8) is 0 Å². The molecular formula is C12H12N4O4. The predicted octanol–water partition coefficient (Wildman–Crippen LogP) is 2.08. The summed E-state index contributed by atoms with van der Waals surface area (Å²) in [6.45, 7) is 0. The minimum atomic E-state index is -0.530. The summed E-state index contributed by atoms with van der Waals surface area (Å²) >= 11 is 0. The lowest BCUT2D eigenvalue weighted by Gasteiger charge is -2.08. The van der Waals surface area contributed by atoms with Crippen LogP contribution in [0.4, 0.5) is 11.5 Å². The van der Waals surface area contributed by atoms with Crippen molar-refractivity contribution in [3.8, 4) is 17.2 Å². The fraction of sp³-hybridized carbons (Fsp3) is 0.0833. The number of rotatable bonds is 5. The highest BCUT2D eigenvalue weighted by Gasteiger charge is 2.17. The number of nitrogens with two attached hydrogens (primary N) is 1. The summed E-state index contributed by atoms with van der Waals surface area (Å²) in [7, 11) is 1.47. The number of anilines is 1. The lowest BCUT2D eigenvalue weighted by molar-refractivity contribution is -0.385. The van der Waals surface area contributed by atoms with Crippen LogP contribution < -0.4 is 20.7 Å². The van der Waals surface area contributed by atoms with Gasteiger partial charge in [-0.1, -0.05) is 0 Å². The molecule has 3 N–H and O–H groups in total. The Kier molecular flexibility index (Phi) is 3.96. The second-order valence-corrected chi connectivity index (χ2v) is 3.71. The third kappa shape index (κ3) is 2.93. The molecule has 0 saturated heterocycles. The van der Waals surface area contributed by atoms with Gasteiger partial charge in [0.25, 0.3) is 0 Å². The SMILES string of the molecule is COc1ccc([N+](=O)[O-])c(Oc2ccnc(NN)c2)c1. The molecule has 0 aliphatic rings. The molecule has 104 valence electrons. The van der Waals surface area contributed by atoms with Gasteiger partial charge in [0.15, 0.2) is 0 Å². The van der Waals surface area contributed by atoms with Crippen LogP contribution in [0.3, 0.4) is 0 Å². The molecule has 1 aromatic carbocycles. The van der Waals surface area contributed by atoms with Gasteiger partial charge in [-0.3, -0.25) is 10.1 Å². The Morgan fingerprint density at radius 3 is 2.75 bits per heavy atom. The van der Waals surface area contributed by atoms with E-state index in [0.717, 1.165) is 0 Å². The highest BCUT2D eigenvalue weighted by Crippen LogP contribution is 2.34. The average Bonchev–Trinajstić information content (AvgIpc) is 2.47. The Hall–Kier alpha value is -2.87. The van der Waals surface area contributed by atoms with E-state index < -0.39 is 4.92 Å². The molecule has 0 radical (unpaired) electrons. The number of pyridine rings is 1. The molecule has 0 bridgehead atoms. The zero-order valence-corrected chi connectivity index (χ0v) is 10.6. The molecule has 1 heterocycles. The lowest BCUT2D eigenvalue weighted by Crippen LogP contribution is -2.08. The van der Waals surface area contributed by atoms with Gasteiger partial charge in [0.1, 0.15) is 17.3 Å². The van der Waals surface area contributed by atoms with E-state index in [-0.39, 0.29) is 11.4 Å². The van der Waals surface area contributed by atoms with Crippen LogP contribution in [0, 0.1) is 10.1 Å². The third-order valence-electron chi connectivity index (χ3n) is 2.47. The Labute approximate surface area is 114 Å². The number of nitrogen functional groups attached to an aromatic ring is 1. The van der Waals surface area contributed by atoms with Crippen molar-refractivity contribution in [2.24, 2.45) is 5.84 Å². The average molecular weight is 276 g/mol. The van der Waals surface area contributed by atoms with E-state index in [1.165, 1.54) is 37.6 Å². The monoisotopic (exact) mass is 276 g/mol. The van der Waals surface area contributed by atoms with Crippen LogP contribution >= 0.6 is 0 Å². The first-order chi connectivity index (χ1) is 9.63. The summed E-state index contributed by atoms with van der Waals surface area (Å²) in [5.41, 5.74) is 2.20. The molecule has 0 aliphatic carbocycles. The smallest absolute Gasteiger partial charge is 0.311 e. The number of ether oxygens (including phenoxy) is 2. The van der Waals surface area contributed by atoms with Gasteiger partial charge in [-0.05, 0) is 12.1 Å². The number of aromatic nitrogens is 1. The summed E-state index contributed by atoms with van der Waals surface area (Å²) in [5.74, 6) is 6.52. The zero-order valence-electron chi connectivity index (χ0n) is 10.6. The van der Waals surface area contributed by atoms with Gasteiger partial charge >= 0.3 is 5.69 Å². The first-order valence-electron chi connectivity index (χ1n) is 5.57. The van der Waals surface area contributed by atoms with Gasteiger partial charge in [-0.15, -0.1) is 0 Å². The van der Waals surface area contributed by atoms with E-state index in [4.69, 9.17) is 15.3 Å². The molecule has 0 fully saturated rings. The lowest BCUT2D eigenvalue weighted by atomic mass is 10.3. The van der Waals surface area contributed by atoms with E-state index in [1.54, 1.807) is 6.07 Å². The van der Waals surface area contributed by atoms with Crippen molar-refractivity contribution in [1.29, 1.82) is 0 Å². The van der Waals surface area contributed by atoms with Crippen molar-refractivity contribution >= 4 is 11.5 Å². The molecule has 1 aromatic heterocycles. The van der Waals surface area contributed by atoms with Gasteiger partial charge < -0.3 is 14.9 Å². The van der Waals surface area contributed by atoms with Crippen LogP contribution in [-0.2, 0) is 0 Å². The first kappa shape index (κ1) is 13.6. The van der Waals surface area contributed by atoms with Gasteiger partial charge in [0.05, 0.1) is 12.0 Å². The molecule has 0 unspecified atom stereocenters. The maximum atomic E-state index is 11.0. The molecule has 0 saturated carbocycles. The Morgan fingerprint density at radius 1 is 1.30 bits per heavy atom. The second-order valence-electron chi connectivity index (χ2n) is 3.71. The number of nitro benzene ring substituents is 1. The van der Waals surface area contributed by atoms with Crippen LogP contribution in [0.2, 0.25) is 0 Å². The summed E-state index contributed by atoms with van der Waals surface area (Å²) in [6, 6.07) is 7.32. The fourth-order valence-corrected chi connectivity index (χ4v) is 1.53. The van der Waals surface area contributed by atoms with Crippen molar-refractivity contribution < 1.29 is 14.4 Å². The number of methoxy groups -OCH3 is 1. The fourth-order valence-electron chi connectivity index (χ4n) is 1.53.